The second-order valence-electron chi connectivity index (χ2n) is 5.96. The first-order valence-corrected chi connectivity index (χ1v) is 9.88. The van der Waals surface area contributed by atoms with Crippen molar-refractivity contribution in [2.45, 2.75) is 6.92 Å². The molecule has 0 radical (unpaired) electrons. The number of rotatable bonds is 6. The van der Waals surface area contributed by atoms with Crippen LogP contribution in [0.5, 0.6) is 0 Å². The molecule has 0 atom stereocenters. The maximum atomic E-state index is 12.1. The molecule has 0 unspecified atom stereocenters. The van der Waals surface area contributed by atoms with Crippen LogP contribution in [0.1, 0.15) is 17.0 Å². The van der Waals surface area contributed by atoms with Crippen molar-refractivity contribution in [2.75, 3.05) is 22.1 Å². The number of pyridine rings is 1. The van der Waals surface area contributed by atoms with E-state index in [0.29, 0.717) is 23.0 Å². The van der Waals surface area contributed by atoms with Crippen molar-refractivity contribution in [1.82, 2.24) is 10.1 Å². The van der Waals surface area contributed by atoms with E-state index in [-0.39, 0.29) is 23.3 Å². The number of thioether (sulfide) groups is 1. The molecule has 3 rings (SSSR count). The van der Waals surface area contributed by atoms with Gasteiger partial charge < -0.3 is 15.2 Å². The lowest BCUT2D eigenvalue weighted by Crippen LogP contribution is -2.18. The Morgan fingerprint density at radius 1 is 1.03 bits per heavy atom. The molecule has 0 fully saturated rings. The highest BCUT2D eigenvalue weighted by molar-refractivity contribution is 8.00. The van der Waals surface area contributed by atoms with Gasteiger partial charge in [0, 0.05) is 23.5 Å². The number of hydrogen-bond acceptors (Lipinski definition) is 6. The Morgan fingerprint density at radius 3 is 2.59 bits per heavy atom. The van der Waals surface area contributed by atoms with Gasteiger partial charge in [0.05, 0.1) is 11.5 Å². The second kappa shape index (κ2) is 10.1. The van der Waals surface area contributed by atoms with Crippen LogP contribution in [0.2, 0.25) is 0 Å². The summed E-state index contributed by atoms with van der Waals surface area (Å²) >= 11 is 1.21. The summed E-state index contributed by atoms with van der Waals surface area (Å²) in [6.07, 6.45) is 1.69. The Labute approximate surface area is 172 Å². The smallest absolute Gasteiger partial charge is 0.235 e. The number of nitrogens with zero attached hydrogens (tertiary/aromatic N) is 2. The zero-order valence-corrected chi connectivity index (χ0v) is 16.5. The van der Waals surface area contributed by atoms with Gasteiger partial charge in [-0.3, -0.25) is 9.59 Å². The van der Waals surface area contributed by atoms with Crippen molar-refractivity contribution in [3.05, 3.63) is 71.7 Å². The highest BCUT2D eigenvalue weighted by Gasteiger charge is 2.08. The van der Waals surface area contributed by atoms with Gasteiger partial charge in [0.2, 0.25) is 11.8 Å². The van der Waals surface area contributed by atoms with Crippen LogP contribution < -0.4 is 10.6 Å². The average molecular weight is 406 g/mol. The van der Waals surface area contributed by atoms with Crippen molar-refractivity contribution in [3.8, 4) is 11.8 Å². The predicted molar refractivity (Wildman–Crippen MR) is 112 cm³/mol. The Bertz CT molecular complexity index is 1050. The summed E-state index contributed by atoms with van der Waals surface area (Å²) in [5.41, 5.74) is 2.09. The number of anilines is 2. The highest BCUT2D eigenvalue weighted by atomic mass is 32.2. The van der Waals surface area contributed by atoms with Crippen LogP contribution in [0, 0.1) is 18.8 Å². The fourth-order valence-corrected chi connectivity index (χ4v) is 2.90. The third-order valence-electron chi connectivity index (χ3n) is 3.51. The quantitative estimate of drug-likeness (QED) is 0.611. The molecule has 1 aromatic carbocycles. The Kier molecular flexibility index (Phi) is 7.03. The van der Waals surface area contributed by atoms with Crippen molar-refractivity contribution in [3.63, 3.8) is 0 Å². The van der Waals surface area contributed by atoms with Crippen LogP contribution in [0.15, 0.2) is 59.3 Å². The molecule has 146 valence electrons. The lowest BCUT2D eigenvalue weighted by atomic mass is 10.2. The monoisotopic (exact) mass is 406 g/mol. The number of carbonyl (C=O) groups excluding carboxylic acids is 2. The maximum absolute atomic E-state index is 12.1. The molecule has 0 bridgehead atoms. The standard InChI is InChI=1S/C21H18N4O3S/c1-15-11-19(25-28-15)24-21(27)14-29-13-20(26)23-18-7-4-5-16(12-18)8-9-17-6-2-3-10-22-17/h2-7,10-12H,13-14H2,1H3,(H,23,26)(H,24,25,27). The average Bonchev–Trinajstić information content (AvgIpc) is 3.12. The number of amides is 2. The van der Waals surface area contributed by atoms with Crippen molar-refractivity contribution in [2.24, 2.45) is 0 Å². The minimum absolute atomic E-state index is 0.134. The van der Waals surface area contributed by atoms with Gasteiger partial charge in [-0.15, -0.1) is 11.8 Å². The summed E-state index contributed by atoms with van der Waals surface area (Å²) in [4.78, 5) is 28.1. The molecule has 29 heavy (non-hydrogen) atoms. The van der Waals surface area contributed by atoms with Crippen molar-refractivity contribution < 1.29 is 14.1 Å². The SMILES string of the molecule is Cc1cc(NC(=O)CSCC(=O)Nc2cccc(C#Cc3ccccn3)c2)no1. The van der Waals surface area contributed by atoms with Crippen LogP contribution in [-0.2, 0) is 9.59 Å². The molecule has 3 aromatic rings. The molecule has 7 nitrogen and oxygen atoms in total. The fraction of sp³-hybridized carbons (Fsp3) is 0.143. The molecule has 0 aliphatic rings. The van der Waals surface area contributed by atoms with E-state index in [1.165, 1.54) is 11.8 Å². The Morgan fingerprint density at radius 2 is 1.86 bits per heavy atom. The van der Waals surface area contributed by atoms with Gasteiger partial charge in [-0.2, -0.15) is 0 Å². The highest BCUT2D eigenvalue weighted by Crippen LogP contribution is 2.12. The van der Waals surface area contributed by atoms with E-state index >= 15 is 0 Å². The number of nitrogens with one attached hydrogen (secondary N) is 2. The molecule has 0 saturated carbocycles. The molecule has 0 spiro atoms. The fourth-order valence-electron chi connectivity index (χ4n) is 2.29. The Hall–Kier alpha value is -3.57. The van der Waals surface area contributed by atoms with E-state index in [2.05, 4.69) is 32.6 Å². The predicted octanol–water partition coefficient (Wildman–Crippen LogP) is 3.09. The van der Waals surface area contributed by atoms with E-state index in [1.54, 1.807) is 31.3 Å². The number of carbonyl (C=O) groups is 2. The van der Waals surface area contributed by atoms with E-state index in [1.807, 2.05) is 30.3 Å². The van der Waals surface area contributed by atoms with Gasteiger partial charge in [0.25, 0.3) is 0 Å². The molecule has 2 aromatic heterocycles. The largest absolute Gasteiger partial charge is 0.360 e. The maximum Gasteiger partial charge on any atom is 0.235 e. The molecule has 2 amide bonds. The van der Waals surface area contributed by atoms with E-state index in [4.69, 9.17) is 4.52 Å². The first kappa shape index (κ1) is 20.2. The number of hydrogen-bond donors (Lipinski definition) is 2. The van der Waals surface area contributed by atoms with E-state index < -0.39 is 0 Å². The minimum Gasteiger partial charge on any atom is -0.360 e. The van der Waals surface area contributed by atoms with Gasteiger partial charge in [-0.25, -0.2) is 4.98 Å². The lowest BCUT2D eigenvalue weighted by Gasteiger charge is -2.05. The first-order chi connectivity index (χ1) is 14.1. The van der Waals surface area contributed by atoms with E-state index in [0.717, 1.165) is 5.56 Å². The molecule has 0 saturated heterocycles. The number of benzene rings is 1. The summed E-state index contributed by atoms with van der Waals surface area (Å²) in [5, 5.41) is 9.10. The van der Waals surface area contributed by atoms with Crippen LogP contribution >= 0.6 is 11.8 Å². The third-order valence-corrected chi connectivity index (χ3v) is 4.44. The van der Waals surface area contributed by atoms with Crippen LogP contribution in [0.3, 0.4) is 0 Å². The molecule has 8 heteroatoms. The molecule has 0 aliphatic carbocycles. The zero-order chi connectivity index (χ0) is 20.5. The van der Waals surface area contributed by atoms with Crippen LogP contribution in [0.4, 0.5) is 11.5 Å². The summed E-state index contributed by atoms with van der Waals surface area (Å²) in [7, 11) is 0. The molecular weight excluding hydrogens is 388 g/mol. The number of aryl methyl sites for hydroxylation is 1. The molecule has 2 N–H and O–H groups in total. The third kappa shape index (κ3) is 6.83. The van der Waals surface area contributed by atoms with E-state index in [9.17, 15) is 9.59 Å². The van der Waals surface area contributed by atoms with Crippen molar-refractivity contribution in [1.29, 1.82) is 0 Å². The molecule has 2 heterocycles. The minimum atomic E-state index is -0.247. The van der Waals surface area contributed by atoms with Gasteiger partial charge >= 0.3 is 0 Å². The van der Waals surface area contributed by atoms with Crippen molar-refractivity contribution >= 4 is 35.1 Å². The molecule has 0 aliphatic heterocycles. The first-order valence-electron chi connectivity index (χ1n) is 8.72. The number of aromatic nitrogens is 2. The topological polar surface area (TPSA) is 97.1 Å². The summed E-state index contributed by atoms with van der Waals surface area (Å²) in [6.45, 7) is 1.74. The van der Waals surface area contributed by atoms with Gasteiger partial charge in [0.1, 0.15) is 11.5 Å². The van der Waals surface area contributed by atoms with Gasteiger partial charge in [-0.05, 0) is 43.2 Å². The summed E-state index contributed by atoms with van der Waals surface area (Å²) in [6, 6.07) is 14.4. The lowest BCUT2D eigenvalue weighted by molar-refractivity contribution is -0.114. The van der Waals surface area contributed by atoms with Crippen LogP contribution in [0.25, 0.3) is 0 Å². The molecular formula is C21H18N4O3S. The second-order valence-corrected chi connectivity index (χ2v) is 6.94. The van der Waals surface area contributed by atoms with Crippen LogP contribution in [-0.4, -0.2) is 33.5 Å². The summed E-state index contributed by atoms with van der Waals surface area (Å²) in [5.74, 6) is 6.81. The summed E-state index contributed by atoms with van der Waals surface area (Å²) < 4.78 is 4.88. The normalized spacial score (nSPS) is 9.97. The Balaban J connectivity index is 1.45. The van der Waals surface area contributed by atoms with Gasteiger partial charge in [0.15, 0.2) is 5.82 Å². The van der Waals surface area contributed by atoms with Gasteiger partial charge in [-0.1, -0.05) is 23.2 Å². The zero-order valence-electron chi connectivity index (χ0n) is 15.6.